The van der Waals surface area contributed by atoms with E-state index < -0.39 is 5.60 Å². The first-order chi connectivity index (χ1) is 12.4. The summed E-state index contributed by atoms with van der Waals surface area (Å²) in [4.78, 5) is 14.6. The molecule has 0 bridgehead atoms. The first kappa shape index (κ1) is 20.2. The highest BCUT2D eigenvalue weighted by Crippen LogP contribution is 2.33. The van der Waals surface area contributed by atoms with Crippen molar-refractivity contribution in [1.29, 1.82) is 5.41 Å². The summed E-state index contributed by atoms with van der Waals surface area (Å²) in [5, 5.41) is 29.0. The van der Waals surface area contributed by atoms with Crippen molar-refractivity contribution in [3.63, 3.8) is 0 Å². The van der Waals surface area contributed by atoms with Crippen LogP contribution in [0.15, 0.2) is 29.8 Å². The Labute approximate surface area is 155 Å². The zero-order valence-electron chi connectivity index (χ0n) is 16.0. The minimum atomic E-state index is -0.771. The summed E-state index contributed by atoms with van der Waals surface area (Å²) in [7, 11) is 0. The molecule has 1 atom stereocenters. The second kappa shape index (κ2) is 8.49. The zero-order chi connectivity index (χ0) is 19.3. The van der Waals surface area contributed by atoms with Crippen LogP contribution >= 0.6 is 0 Å². The summed E-state index contributed by atoms with van der Waals surface area (Å²) in [6.07, 6.45) is 3.92. The van der Waals surface area contributed by atoms with E-state index in [9.17, 15) is 15.0 Å². The lowest BCUT2D eigenvalue weighted by molar-refractivity contribution is -0.131. The summed E-state index contributed by atoms with van der Waals surface area (Å²) < 4.78 is 0. The van der Waals surface area contributed by atoms with Crippen LogP contribution in [0.25, 0.3) is 5.76 Å². The van der Waals surface area contributed by atoms with Gasteiger partial charge in [-0.25, -0.2) is 0 Å². The van der Waals surface area contributed by atoms with Crippen LogP contribution < -0.4 is 0 Å². The smallest absolute Gasteiger partial charge is 0.259 e. The number of aliphatic hydroxyl groups is 2. The largest absolute Gasteiger partial charge is 0.506 e. The van der Waals surface area contributed by atoms with E-state index in [4.69, 9.17) is 5.41 Å². The maximum atomic E-state index is 12.9. The number of nitrogens with one attached hydrogen (secondary N) is 1. The monoisotopic (exact) mass is 358 g/mol. The van der Waals surface area contributed by atoms with Crippen LogP contribution in [-0.2, 0) is 4.79 Å². The molecule has 142 valence electrons. The van der Waals surface area contributed by atoms with Gasteiger partial charge in [-0.15, -0.1) is 0 Å². The van der Waals surface area contributed by atoms with E-state index in [0.29, 0.717) is 31.5 Å². The van der Waals surface area contributed by atoms with Gasteiger partial charge in [0, 0.05) is 30.8 Å². The van der Waals surface area contributed by atoms with Crippen molar-refractivity contribution in [3.05, 3.63) is 41.0 Å². The second-order valence-electron chi connectivity index (χ2n) is 7.17. The molecule has 0 aromatic heterocycles. The average molecular weight is 358 g/mol. The topological polar surface area (TPSA) is 84.6 Å². The van der Waals surface area contributed by atoms with Crippen molar-refractivity contribution in [2.75, 3.05) is 13.1 Å². The Kier molecular flexibility index (Phi) is 6.59. The number of carbonyl (C=O) groups is 1. The van der Waals surface area contributed by atoms with Crippen LogP contribution in [0.5, 0.6) is 0 Å². The molecule has 0 spiro atoms. The number of benzene rings is 1. The van der Waals surface area contributed by atoms with Crippen molar-refractivity contribution < 1.29 is 15.0 Å². The third-order valence-corrected chi connectivity index (χ3v) is 5.65. The molecule has 1 fully saturated rings. The van der Waals surface area contributed by atoms with E-state index in [1.54, 1.807) is 17.0 Å². The molecule has 1 aliphatic rings. The quantitative estimate of drug-likeness (QED) is 0.412. The second-order valence-corrected chi connectivity index (χ2v) is 7.17. The molecule has 5 heteroatoms. The number of hydrogen-bond acceptors (Lipinski definition) is 4. The van der Waals surface area contributed by atoms with Crippen LogP contribution in [0, 0.1) is 18.3 Å². The number of likely N-dealkylation sites (tertiary alicyclic amines) is 1. The van der Waals surface area contributed by atoms with Gasteiger partial charge in [0.15, 0.2) is 0 Å². The predicted octanol–water partition coefficient (Wildman–Crippen LogP) is 3.70. The van der Waals surface area contributed by atoms with Gasteiger partial charge in [0.25, 0.3) is 5.91 Å². The van der Waals surface area contributed by atoms with Gasteiger partial charge in [0.05, 0.1) is 11.2 Å². The normalized spacial score (nSPS) is 19.1. The van der Waals surface area contributed by atoms with E-state index in [1.165, 1.54) is 0 Å². The number of carbonyl (C=O) groups excluding carboxylic acids is 1. The van der Waals surface area contributed by atoms with Gasteiger partial charge in [0.1, 0.15) is 5.76 Å². The summed E-state index contributed by atoms with van der Waals surface area (Å²) >= 11 is 0. The van der Waals surface area contributed by atoms with Crippen molar-refractivity contribution in [3.8, 4) is 0 Å². The molecule has 1 saturated heterocycles. The fourth-order valence-electron chi connectivity index (χ4n) is 3.70. The number of aryl methyl sites for hydroxylation is 1. The lowest BCUT2D eigenvalue weighted by atomic mass is 9.78. The Hall–Kier alpha value is -2.14. The number of aliphatic hydroxyl groups excluding tert-OH is 1. The van der Waals surface area contributed by atoms with Gasteiger partial charge < -0.3 is 20.5 Å². The molecule has 1 amide bonds. The molecule has 2 rings (SSSR count). The summed E-state index contributed by atoms with van der Waals surface area (Å²) in [6.45, 7) is 6.92. The summed E-state index contributed by atoms with van der Waals surface area (Å²) in [6, 6.07) is 7.20. The van der Waals surface area contributed by atoms with E-state index in [-0.39, 0.29) is 23.2 Å². The van der Waals surface area contributed by atoms with Gasteiger partial charge in [-0.05, 0) is 32.6 Å². The fraction of sp³-hybridized carbons (Fsp3) is 0.524. The number of hydrogen-bond donors (Lipinski definition) is 3. The third-order valence-electron chi connectivity index (χ3n) is 5.65. The number of amides is 1. The highest BCUT2D eigenvalue weighted by molar-refractivity contribution is 6.16. The lowest BCUT2D eigenvalue weighted by Gasteiger charge is -2.41. The van der Waals surface area contributed by atoms with Crippen LogP contribution in [0.1, 0.15) is 50.7 Å². The molecular weight excluding hydrogens is 328 g/mol. The minimum Gasteiger partial charge on any atom is -0.506 e. The van der Waals surface area contributed by atoms with E-state index in [0.717, 1.165) is 24.6 Å². The third kappa shape index (κ3) is 4.15. The highest BCUT2D eigenvalue weighted by Gasteiger charge is 2.38. The first-order valence-corrected chi connectivity index (χ1v) is 9.38. The van der Waals surface area contributed by atoms with Crippen LogP contribution in [-0.4, -0.2) is 45.9 Å². The predicted molar refractivity (Wildman–Crippen MR) is 104 cm³/mol. The minimum absolute atomic E-state index is 0.00830. The summed E-state index contributed by atoms with van der Waals surface area (Å²) in [5.74, 6) is -0.505. The van der Waals surface area contributed by atoms with Gasteiger partial charge in [-0.2, -0.15) is 0 Å². The molecule has 5 nitrogen and oxygen atoms in total. The number of nitrogens with zero attached hydrogens (tertiary/aromatic N) is 1. The Morgan fingerprint density at radius 2 is 1.92 bits per heavy atom. The van der Waals surface area contributed by atoms with Crippen molar-refractivity contribution in [2.45, 2.75) is 52.1 Å². The van der Waals surface area contributed by atoms with Crippen LogP contribution in [0.3, 0.4) is 0 Å². The van der Waals surface area contributed by atoms with Crippen LogP contribution in [0.2, 0.25) is 0 Å². The Bertz CT molecular complexity index is 675. The maximum Gasteiger partial charge on any atom is 0.259 e. The Morgan fingerprint density at radius 3 is 2.46 bits per heavy atom. The standard InChI is InChI=1S/C21H30N2O3/c1-4-21(26,5-2)17-7-6-12-23(14-17)20(25)18(13-22)19(24)16-10-8-15(3)9-11-16/h8-11,13,17,22,24,26H,4-7,12,14H2,1-3H3/b19-18+,22-13?. The molecule has 1 aromatic rings. The summed E-state index contributed by atoms with van der Waals surface area (Å²) in [5.41, 5.74) is 0.800. The van der Waals surface area contributed by atoms with Gasteiger partial charge >= 0.3 is 0 Å². The molecule has 3 N–H and O–H groups in total. The molecule has 1 aromatic carbocycles. The van der Waals surface area contributed by atoms with Crippen molar-refractivity contribution in [2.24, 2.45) is 5.92 Å². The molecule has 0 aliphatic carbocycles. The van der Waals surface area contributed by atoms with E-state index >= 15 is 0 Å². The number of piperidine rings is 1. The SMILES string of the molecule is CCC(O)(CC)C1CCCN(C(=O)/C(C=N)=C(/O)c2ccc(C)cc2)C1. The molecule has 26 heavy (non-hydrogen) atoms. The van der Waals surface area contributed by atoms with Gasteiger partial charge in [-0.3, -0.25) is 4.79 Å². The average Bonchev–Trinajstić information content (AvgIpc) is 2.68. The highest BCUT2D eigenvalue weighted by atomic mass is 16.3. The Balaban J connectivity index is 2.26. The van der Waals surface area contributed by atoms with Crippen molar-refractivity contribution >= 4 is 17.9 Å². The van der Waals surface area contributed by atoms with E-state index in [1.807, 2.05) is 32.9 Å². The molecule has 1 aliphatic heterocycles. The zero-order valence-corrected chi connectivity index (χ0v) is 16.0. The van der Waals surface area contributed by atoms with Gasteiger partial charge in [-0.1, -0.05) is 43.7 Å². The molecule has 1 heterocycles. The van der Waals surface area contributed by atoms with E-state index in [2.05, 4.69) is 0 Å². The van der Waals surface area contributed by atoms with Gasteiger partial charge in [0.2, 0.25) is 0 Å². The molecule has 0 saturated carbocycles. The van der Waals surface area contributed by atoms with Crippen LogP contribution in [0.4, 0.5) is 0 Å². The van der Waals surface area contributed by atoms with Crippen molar-refractivity contribution in [1.82, 2.24) is 4.90 Å². The molecular formula is C21H30N2O3. The molecule has 0 radical (unpaired) electrons. The number of rotatable bonds is 6. The fourth-order valence-corrected chi connectivity index (χ4v) is 3.70. The maximum absolute atomic E-state index is 12.9. The lowest BCUT2D eigenvalue weighted by Crippen LogP contribution is -2.49. The Morgan fingerprint density at radius 1 is 1.31 bits per heavy atom. The molecule has 1 unspecified atom stereocenters. The first-order valence-electron chi connectivity index (χ1n) is 9.38.